The number of sulfonamides is 1. The molecule has 2 aromatic heterocycles. The molecule has 26 heavy (non-hydrogen) atoms. The van der Waals surface area contributed by atoms with E-state index in [9.17, 15) is 21.6 Å². The number of hydrogen-bond donors (Lipinski definition) is 1. The van der Waals surface area contributed by atoms with Crippen molar-refractivity contribution in [1.82, 2.24) is 14.5 Å². The number of aryl methyl sites for hydroxylation is 1. The zero-order chi connectivity index (χ0) is 19.1. The molecule has 2 aromatic rings. The van der Waals surface area contributed by atoms with Crippen LogP contribution < -0.4 is 5.14 Å². The van der Waals surface area contributed by atoms with Gasteiger partial charge in [-0.05, 0) is 44.2 Å². The Kier molecular flexibility index (Phi) is 4.82. The smallest absolute Gasteiger partial charge is 0.327 e. The molecule has 10 heteroatoms. The Morgan fingerprint density at radius 3 is 2.38 bits per heavy atom. The summed E-state index contributed by atoms with van der Waals surface area (Å²) in [4.78, 5) is 7.82. The average molecular weight is 388 g/mol. The molecule has 2 heterocycles. The van der Waals surface area contributed by atoms with Gasteiger partial charge < -0.3 is 4.57 Å². The van der Waals surface area contributed by atoms with E-state index >= 15 is 0 Å². The number of aromatic nitrogens is 3. The minimum absolute atomic E-state index is 0.188. The van der Waals surface area contributed by atoms with Gasteiger partial charge in [-0.15, -0.1) is 0 Å². The van der Waals surface area contributed by atoms with E-state index in [-0.39, 0.29) is 11.9 Å². The van der Waals surface area contributed by atoms with Gasteiger partial charge >= 0.3 is 6.18 Å². The molecule has 0 aliphatic heterocycles. The third-order valence-corrected chi connectivity index (χ3v) is 6.06. The summed E-state index contributed by atoms with van der Waals surface area (Å²) >= 11 is 0. The van der Waals surface area contributed by atoms with Gasteiger partial charge in [-0.25, -0.2) is 18.5 Å². The molecule has 6 nitrogen and oxygen atoms in total. The van der Waals surface area contributed by atoms with Crippen molar-refractivity contribution in [3.8, 4) is 11.4 Å². The Morgan fingerprint density at radius 1 is 1.19 bits per heavy atom. The standard InChI is InChI=1S/C16H19F3N4O2S/c1-10-6-11(8-21-7-10)15-22-14(16(17,18)19)9-23(15)12-2-4-13(5-3-12)26(20,24)25/h6-9,12-13H,2-5H2,1H3,(H2,20,24,25). The number of primary sulfonamides is 1. The summed E-state index contributed by atoms with van der Waals surface area (Å²) in [5.74, 6) is 0.188. The first-order chi connectivity index (χ1) is 12.1. The van der Waals surface area contributed by atoms with E-state index in [1.54, 1.807) is 19.2 Å². The highest BCUT2D eigenvalue weighted by atomic mass is 32.2. The lowest BCUT2D eigenvalue weighted by molar-refractivity contribution is -0.140. The zero-order valence-electron chi connectivity index (χ0n) is 14.1. The van der Waals surface area contributed by atoms with Gasteiger partial charge in [-0.3, -0.25) is 4.98 Å². The van der Waals surface area contributed by atoms with Crippen molar-refractivity contribution in [2.45, 2.75) is 50.1 Å². The number of nitrogens with two attached hydrogens (primary N) is 1. The lowest BCUT2D eigenvalue weighted by atomic mass is 9.94. The molecule has 0 saturated heterocycles. The highest BCUT2D eigenvalue weighted by Gasteiger charge is 2.37. The van der Waals surface area contributed by atoms with E-state index in [1.165, 1.54) is 10.8 Å². The number of halogens is 3. The van der Waals surface area contributed by atoms with Crippen LogP contribution in [-0.2, 0) is 16.2 Å². The number of rotatable bonds is 3. The molecule has 1 aliphatic rings. The predicted molar refractivity (Wildman–Crippen MR) is 89.6 cm³/mol. The van der Waals surface area contributed by atoms with Crippen molar-refractivity contribution < 1.29 is 21.6 Å². The van der Waals surface area contributed by atoms with E-state index < -0.39 is 27.1 Å². The van der Waals surface area contributed by atoms with Crippen molar-refractivity contribution in [2.24, 2.45) is 5.14 Å². The van der Waals surface area contributed by atoms with Crippen LogP contribution in [0.15, 0.2) is 24.7 Å². The van der Waals surface area contributed by atoms with Crippen LogP contribution in [0, 0.1) is 6.92 Å². The van der Waals surface area contributed by atoms with Gasteiger partial charge in [0, 0.05) is 30.2 Å². The average Bonchev–Trinajstić information content (AvgIpc) is 3.00. The Morgan fingerprint density at radius 2 is 1.85 bits per heavy atom. The normalized spacial score (nSPS) is 21.7. The van der Waals surface area contributed by atoms with E-state index in [2.05, 4.69) is 9.97 Å². The van der Waals surface area contributed by atoms with Crippen molar-refractivity contribution in [3.05, 3.63) is 35.9 Å². The van der Waals surface area contributed by atoms with Crippen molar-refractivity contribution in [1.29, 1.82) is 0 Å². The first kappa shape index (κ1) is 18.8. The van der Waals surface area contributed by atoms with Gasteiger partial charge in [0.25, 0.3) is 0 Å². The molecule has 1 saturated carbocycles. The highest BCUT2D eigenvalue weighted by Crippen LogP contribution is 2.37. The fourth-order valence-corrected chi connectivity index (χ4v) is 4.28. The molecular weight excluding hydrogens is 369 g/mol. The molecule has 0 aromatic carbocycles. The van der Waals surface area contributed by atoms with Crippen LogP contribution in [0.1, 0.15) is 43.0 Å². The van der Waals surface area contributed by atoms with Gasteiger partial charge in [0.1, 0.15) is 5.82 Å². The molecular formula is C16H19F3N4O2S. The summed E-state index contributed by atoms with van der Waals surface area (Å²) in [6, 6.07) is 1.45. The summed E-state index contributed by atoms with van der Waals surface area (Å²) in [6.45, 7) is 1.80. The maximum absolute atomic E-state index is 13.2. The third-order valence-electron chi connectivity index (χ3n) is 4.66. The first-order valence-electron chi connectivity index (χ1n) is 8.15. The summed E-state index contributed by atoms with van der Waals surface area (Å²) in [7, 11) is -3.63. The molecule has 2 N–H and O–H groups in total. The van der Waals surface area contributed by atoms with Gasteiger partial charge in [0.05, 0.1) is 5.25 Å². The monoisotopic (exact) mass is 388 g/mol. The maximum Gasteiger partial charge on any atom is 0.434 e. The van der Waals surface area contributed by atoms with E-state index in [4.69, 9.17) is 5.14 Å². The number of imidazole rings is 1. The van der Waals surface area contributed by atoms with E-state index in [1.807, 2.05) is 0 Å². The fraction of sp³-hybridized carbons (Fsp3) is 0.500. The fourth-order valence-electron chi connectivity index (χ4n) is 3.35. The lowest BCUT2D eigenvalue weighted by Crippen LogP contribution is -2.33. The van der Waals surface area contributed by atoms with Gasteiger partial charge in [-0.1, -0.05) is 0 Å². The van der Waals surface area contributed by atoms with Crippen LogP contribution in [0.5, 0.6) is 0 Å². The van der Waals surface area contributed by atoms with Gasteiger partial charge in [-0.2, -0.15) is 13.2 Å². The molecule has 0 unspecified atom stereocenters. The molecule has 0 amide bonds. The second-order valence-corrected chi connectivity index (χ2v) is 8.47. The van der Waals surface area contributed by atoms with Crippen LogP contribution >= 0.6 is 0 Å². The molecule has 0 radical (unpaired) electrons. The topological polar surface area (TPSA) is 90.9 Å². The Hall–Kier alpha value is -1.94. The molecule has 0 spiro atoms. The molecule has 0 bridgehead atoms. The van der Waals surface area contributed by atoms with Gasteiger partial charge in [0.2, 0.25) is 10.0 Å². The third kappa shape index (κ3) is 3.90. The quantitative estimate of drug-likeness (QED) is 0.875. The summed E-state index contributed by atoms with van der Waals surface area (Å²) in [6.07, 6.45) is 0.987. The summed E-state index contributed by atoms with van der Waals surface area (Å²) in [5.41, 5.74) is 0.334. The maximum atomic E-state index is 13.2. The number of alkyl halides is 3. The Labute approximate surface area is 149 Å². The molecule has 142 valence electrons. The minimum atomic E-state index is -4.56. The largest absolute Gasteiger partial charge is 0.434 e. The zero-order valence-corrected chi connectivity index (χ0v) is 14.9. The SMILES string of the molecule is Cc1cncc(-c2nc(C(F)(F)F)cn2C2CCC(S(N)(=O)=O)CC2)c1. The number of pyridine rings is 1. The second kappa shape index (κ2) is 6.66. The summed E-state index contributed by atoms with van der Waals surface area (Å²) in [5, 5.41) is 4.54. The Balaban J connectivity index is 1.97. The summed E-state index contributed by atoms with van der Waals surface area (Å²) < 4.78 is 64.0. The van der Waals surface area contributed by atoms with E-state index in [0.717, 1.165) is 11.8 Å². The predicted octanol–water partition coefficient (Wildman–Crippen LogP) is 3.04. The highest BCUT2D eigenvalue weighted by molar-refractivity contribution is 7.89. The Bertz CT molecular complexity index is 900. The minimum Gasteiger partial charge on any atom is -0.327 e. The number of nitrogens with zero attached hydrogens (tertiary/aromatic N) is 3. The molecule has 0 atom stereocenters. The first-order valence-corrected chi connectivity index (χ1v) is 9.76. The van der Waals surface area contributed by atoms with Crippen LogP contribution in [0.4, 0.5) is 13.2 Å². The van der Waals surface area contributed by atoms with Crippen LogP contribution in [0.2, 0.25) is 0 Å². The van der Waals surface area contributed by atoms with E-state index in [0.29, 0.717) is 31.2 Å². The van der Waals surface area contributed by atoms with Crippen LogP contribution in [0.3, 0.4) is 0 Å². The lowest BCUT2D eigenvalue weighted by Gasteiger charge is -2.29. The van der Waals surface area contributed by atoms with Gasteiger partial charge in [0.15, 0.2) is 5.69 Å². The molecule has 3 rings (SSSR count). The van der Waals surface area contributed by atoms with Crippen molar-refractivity contribution >= 4 is 10.0 Å². The van der Waals surface area contributed by atoms with Crippen molar-refractivity contribution in [3.63, 3.8) is 0 Å². The number of hydrogen-bond acceptors (Lipinski definition) is 4. The van der Waals surface area contributed by atoms with Crippen LogP contribution in [0.25, 0.3) is 11.4 Å². The van der Waals surface area contributed by atoms with Crippen molar-refractivity contribution in [2.75, 3.05) is 0 Å². The van der Waals surface area contributed by atoms with Crippen LogP contribution in [-0.4, -0.2) is 28.2 Å². The molecule has 1 fully saturated rings. The second-order valence-electron chi connectivity index (χ2n) is 6.63. The molecule has 1 aliphatic carbocycles.